The first-order valence-corrected chi connectivity index (χ1v) is 11.0. The molecular formula is C22H27F2N5O4. The number of likely N-dealkylation sites (tertiary alicyclic amines) is 1. The monoisotopic (exact) mass is 463 g/mol. The third-order valence-electron chi connectivity index (χ3n) is 5.79. The molecule has 2 aromatic rings. The fourth-order valence-corrected chi connectivity index (χ4v) is 3.95. The van der Waals surface area contributed by atoms with Crippen molar-refractivity contribution in [1.82, 2.24) is 24.4 Å². The summed E-state index contributed by atoms with van der Waals surface area (Å²) in [5.74, 6) is -1.78. The topological polar surface area (TPSA) is 109 Å². The van der Waals surface area contributed by atoms with Gasteiger partial charge in [-0.3, -0.25) is 19.0 Å². The third-order valence-corrected chi connectivity index (χ3v) is 5.79. The van der Waals surface area contributed by atoms with E-state index in [1.807, 2.05) is 13.8 Å². The lowest BCUT2D eigenvalue weighted by atomic mass is 10.1. The molecule has 2 atom stereocenters. The molecule has 2 aliphatic rings. The molecule has 2 N–H and O–H groups in total. The van der Waals surface area contributed by atoms with Crippen LogP contribution in [0.3, 0.4) is 0 Å². The molecule has 2 fully saturated rings. The van der Waals surface area contributed by atoms with Crippen molar-refractivity contribution in [1.29, 1.82) is 0 Å². The predicted octanol–water partition coefficient (Wildman–Crippen LogP) is 1.59. The smallest absolute Gasteiger partial charge is 0.270 e. The van der Waals surface area contributed by atoms with E-state index in [0.717, 1.165) is 22.3 Å². The van der Waals surface area contributed by atoms with Gasteiger partial charge in [-0.05, 0) is 31.8 Å². The second kappa shape index (κ2) is 8.60. The van der Waals surface area contributed by atoms with Crippen molar-refractivity contribution < 1.29 is 23.5 Å². The van der Waals surface area contributed by atoms with Gasteiger partial charge >= 0.3 is 0 Å². The molecule has 1 aliphatic heterocycles. The van der Waals surface area contributed by atoms with Gasteiger partial charge < -0.3 is 15.3 Å². The molecule has 1 saturated carbocycles. The number of hydrogen-bond donors (Lipinski definition) is 2. The van der Waals surface area contributed by atoms with Crippen molar-refractivity contribution in [2.45, 2.75) is 58.5 Å². The largest absolute Gasteiger partial charge is 0.492 e. The summed E-state index contributed by atoms with van der Waals surface area (Å²) >= 11 is 0. The molecule has 2 aromatic heterocycles. The number of aryl methyl sites for hydroxylation is 1. The molecule has 0 spiro atoms. The quantitative estimate of drug-likeness (QED) is 0.633. The third kappa shape index (κ3) is 4.36. The minimum Gasteiger partial charge on any atom is -0.492 e. The van der Waals surface area contributed by atoms with E-state index in [1.54, 1.807) is 6.92 Å². The maximum absolute atomic E-state index is 13.5. The first-order valence-electron chi connectivity index (χ1n) is 11.0. The van der Waals surface area contributed by atoms with E-state index in [4.69, 9.17) is 0 Å². The summed E-state index contributed by atoms with van der Waals surface area (Å²) in [6.07, 6.45) is 0.802. The Morgan fingerprint density at radius 2 is 1.88 bits per heavy atom. The average molecular weight is 463 g/mol. The zero-order valence-electron chi connectivity index (χ0n) is 18.7. The minimum atomic E-state index is -1.71. The fraction of sp³-hybridized carbons (Fsp3) is 0.545. The van der Waals surface area contributed by atoms with Gasteiger partial charge in [0.25, 0.3) is 11.5 Å². The highest BCUT2D eigenvalue weighted by molar-refractivity contribution is 5.97. The Balaban J connectivity index is 1.79. The number of aromatic hydroxyl groups is 1. The Bertz CT molecular complexity index is 1190. The van der Waals surface area contributed by atoms with Crippen molar-refractivity contribution in [3.63, 3.8) is 0 Å². The molecule has 1 aliphatic carbocycles. The van der Waals surface area contributed by atoms with Gasteiger partial charge in [0.05, 0.1) is 18.8 Å². The molecule has 0 unspecified atom stereocenters. The highest BCUT2D eigenvalue weighted by atomic mass is 19.2. The molecule has 9 nitrogen and oxygen atoms in total. The van der Waals surface area contributed by atoms with Crippen LogP contribution >= 0.6 is 0 Å². The number of aromatic nitrogens is 3. The van der Waals surface area contributed by atoms with Gasteiger partial charge in [-0.1, -0.05) is 13.8 Å². The second-order valence-electron chi connectivity index (χ2n) is 9.10. The van der Waals surface area contributed by atoms with E-state index in [2.05, 4.69) is 10.4 Å². The van der Waals surface area contributed by atoms with Gasteiger partial charge in [-0.25, -0.2) is 8.78 Å². The normalized spacial score (nSPS) is 21.0. The van der Waals surface area contributed by atoms with Gasteiger partial charge in [0.15, 0.2) is 17.9 Å². The molecule has 1 saturated heterocycles. The van der Waals surface area contributed by atoms with Gasteiger partial charge in [0, 0.05) is 24.2 Å². The van der Waals surface area contributed by atoms with Crippen molar-refractivity contribution in [2.24, 2.45) is 5.92 Å². The van der Waals surface area contributed by atoms with Gasteiger partial charge in [0.2, 0.25) is 11.8 Å². The summed E-state index contributed by atoms with van der Waals surface area (Å²) < 4.78 is 29.4. The Kier molecular flexibility index (Phi) is 5.98. The molecule has 11 heteroatoms. The minimum absolute atomic E-state index is 0.00664. The Morgan fingerprint density at radius 1 is 1.24 bits per heavy atom. The summed E-state index contributed by atoms with van der Waals surface area (Å²) in [7, 11) is 0. The summed E-state index contributed by atoms with van der Waals surface area (Å²) in [5, 5.41) is 17.8. The molecule has 3 heterocycles. The van der Waals surface area contributed by atoms with Crippen LogP contribution in [0.1, 0.15) is 48.3 Å². The number of nitrogens with zero attached hydrogens (tertiary/aromatic N) is 4. The van der Waals surface area contributed by atoms with Crippen LogP contribution in [0.2, 0.25) is 0 Å². The average Bonchev–Trinajstić information content (AvgIpc) is 3.40. The molecule has 0 radical (unpaired) electrons. The SMILES string of the molecule is Cc1nn2c(O)c(C(=O)NC3CC3)c(=O)n(CC(C)C)c2c1/C=C/C(=O)N1C[C@@H](F)[C@H](F)C1. The van der Waals surface area contributed by atoms with Gasteiger partial charge in [-0.15, -0.1) is 0 Å². The maximum atomic E-state index is 13.5. The molecule has 178 valence electrons. The van der Waals surface area contributed by atoms with E-state index in [-0.39, 0.29) is 42.8 Å². The van der Waals surface area contributed by atoms with Crippen LogP contribution in [0, 0.1) is 12.8 Å². The van der Waals surface area contributed by atoms with Crippen LogP contribution in [-0.2, 0) is 11.3 Å². The van der Waals surface area contributed by atoms with Crippen LogP contribution in [0.5, 0.6) is 5.88 Å². The summed E-state index contributed by atoms with van der Waals surface area (Å²) in [4.78, 5) is 39.5. The van der Waals surface area contributed by atoms with Crippen LogP contribution < -0.4 is 10.9 Å². The van der Waals surface area contributed by atoms with E-state index in [1.165, 1.54) is 16.7 Å². The van der Waals surface area contributed by atoms with Crippen LogP contribution in [-0.4, -0.2) is 67.5 Å². The molecule has 0 aromatic carbocycles. The maximum Gasteiger partial charge on any atom is 0.270 e. The van der Waals surface area contributed by atoms with Crippen molar-refractivity contribution in [3.05, 3.63) is 33.3 Å². The number of fused-ring (bicyclic) bond motifs is 1. The number of nitrogens with one attached hydrogen (secondary N) is 1. The van der Waals surface area contributed by atoms with E-state index >= 15 is 0 Å². The second-order valence-corrected chi connectivity index (χ2v) is 9.10. The number of carbonyl (C=O) groups excluding carboxylic acids is 2. The lowest BCUT2D eigenvalue weighted by Gasteiger charge is -2.15. The van der Waals surface area contributed by atoms with Crippen LogP contribution in [0.25, 0.3) is 11.7 Å². The van der Waals surface area contributed by atoms with Crippen molar-refractivity contribution in [3.8, 4) is 5.88 Å². The zero-order chi connectivity index (χ0) is 24.0. The molecular weight excluding hydrogens is 436 g/mol. The molecule has 4 rings (SSSR count). The lowest BCUT2D eigenvalue weighted by molar-refractivity contribution is -0.125. The predicted molar refractivity (Wildman–Crippen MR) is 117 cm³/mol. The standard InChI is InChI=1S/C22H27F2N5O4/c1-11(2)8-28-20-14(6-7-17(30)27-9-15(23)16(24)10-27)12(3)26-29(20)22(33)18(21(28)32)19(31)25-13-4-5-13/h6-7,11,13,15-16,33H,4-5,8-10H2,1-3H3,(H,25,31)/b7-6+/t15-,16-/m1/s1. The number of alkyl halides is 2. The van der Waals surface area contributed by atoms with Crippen molar-refractivity contribution in [2.75, 3.05) is 13.1 Å². The van der Waals surface area contributed by atoms with Gasteiger partial charge in [-0.2, -0.15) is 9.61 Å². The van der Waals surface area contributed by atoms with Crippen LogP contribution in [0.15, 0.2) is 10.9 Å². The number of amides is 2. The molecule has 2 amide bonds. The van der Waals surface area contributed by atoms with E-state index < -0.39 is 35.6 Å². The molecule has 0 bridgehead atoms. The first kappa shape index (κ1) is 22.9. The number of hydrogen-bond acceptors (Lipinski definition) is 5. The van der Waals surface area contributed by atoms with Crippen LogP contribution in [0.4, 0.5) is 8.78 Å². The number of halogens is 2. The Morgan fingerprint density at radius 3 is 2.45 bits per heavy atom. The Labute approximate surface area is 188 Å². The summed E-state index contributed by atoms with van der Waals surface area (Å²) in [6, 6.07) is -0.00664. The van der Waals surface area contributed by atoms with E-state index in [0.29, 0.717) is 11.3 Å². The van der Waals surface area contributed by atoms with E-state index in [9.17, 15) is 28.3 Å². The fourth-order valence-electron chi connectivity index (χ4n) is 3.95. The first-order chi connectivity index (χ1) is 15.6. The number of rotatable bonds is 6. The van der Waals surface area contributed by atoms with Gasteiger partial charge in [0.1, 0.15) is 5.65 Å². The highest BCUT2D eigenvalue weighted by Gasteiger charge is 2.35. The zero-order valence-corrected chi connectivity index (χ0v) is 18.7. The summed E-state index contributed by atoms with van der Waals surface area (Å²) in [6.45, 7) is 5.03. The number of carbonyl (C=O) groups is 2. The summed E-state index contributed by atoms with van der Waals surface area (Å²) in [5.41, 5.74) is -0.0293. The molecule has 33 heavy (non-hydrogen) atoms. The van der Waals surface area contributed by atoms with Crippen molar-refractivity contribution >= 4 is 23.5 Å². The Hall–Kier alpha value is -3.24. The lowest BCUT2D eigenvalue weighted by Crippen LogP contribution is -2.36. The highest BCUT2D eigenvalue weighted by Crippen LogP contribution is 2.25.